The molecule has 2 heterocycles. The van der Waals surface area contributed by atoms with Gasteiger partial charge >= 0.3 is 0 Å². The van der Waals surface area contributed by atoms with Gasteiger partial charge in [-0.15, -0.1) is 5.10 Å². The van der Waals surface area contributed by atoms with Gasteiger partial charge in [0.1, 0.15) is 7.05 Å². The Kier molecular flexibility index (Phi) is 1.26. The first-order valence-electron chi connectivity index (χ1n) is 3.10. The minimum Gasteiger partial charge on any atom is -0.237 e. The standard InChI is InChI=1S/C5H6N6/c1-11-3-2-4(8-11)5-6-9-10-7-5/h2-3H,1H3,(H,6,7,9,10)/q+1. The summed E-state index contributed by atoms with van der Waals surface area (Å²) in [4.78, 5) is 0. The van der Waals surface area contributed by atoms with Crippen molar-refractivity contribution in [3.05, 3.63) is 18.1 Å². The molecule has 0 spiro atoms. The highest BCUT2D eigenvalue weighted by Crippen LogP contribution is 2.00. The van der Waals surface area contributed by atoms with E-state index in [-0.39, 0.29) is 0 Å². The van der Waals surface area contributed by atoms with Crippen molar-refractivity contribution < 1.29 is 0 Å². The zero-order chi connectivity index (χ0) is 7.68. The van der Waals surface area contributed by atoms with Crippen molar-refractivity contribution in [2.45, 2.75) is 0 Å². The second-order valence-corrected chi connectivity index (χ2v) is 2.12. The number of nitrogens with one attached hydrogen (secondary N) is 1. The van der Waals surface area contributed by atoms with Crippen molar-refractivity contribution in [2.75, 3.05) is 7.05 Å². The summed E-state index contributed by atoms with van der Waals surface area (Å²) in [6.07, 6.45) is 3.67. The van der Waals surface area contributed by atoms with Crippen LogP contribution in [0.5, 0.6) is 0 Å². The van der Waals surface area contributed by atoms with Gasteiger partial charge in [0.15, 0.2) is 11.9 Å². The molecule has 1 aliphatic heterocycles. The van der Waals surface area contributed by atoms with E-state index in [0.717, 1.165) is 5.71 Å². The van der Waals surface area contributed by atoms with Gasteiger partial charge in [-0.2, -0.15) is 0 Å². The van der Waals surface area contributed by atoms with Crippen LogP contribution in [-0.4, -0.2) is 33.4 Å². The molecule has 0 saturated carbocycles. The van der Waals surface area contributed by atoms with Gasteiger partial charge in [-0.1, -0.05) is 0 Å². The molecule has 1 radical (unpaired) electrons. The maximum Gasteiger partial charge on any atom is 0.203 e. The average Bonchev–Trinajstić information content (AvgIpc) is 2.55. The van der Waals surface area contributed by atoms with Gasteiger partial charge in [0.05, 0.1) is 0 Å². The monoisotopic (exact) mass is 150 g/mol. The first kappa shape index (κ1) is 6.17. The normalized spacial score (nSPS) is 17.4. The van der Waals surface area contributed by atoms with E-state index >= 15 is 0 Å². The lowest BCUT2D eigenvalue weighted by molar-refractivity contribution is 0.676. The summed E-state index contributed by atoms with van der Waals surface area (Å²) in [7, 11) is 1.84. The van der Waals surface area contributed by atoms with Gasteiger partial charge in [-0.25, -0.2) is 5.10 Å². The summed E-state index contributed by atoms with van der Waals surface area (Å²) in [6, 6.07) is 0. The fourth-order valence-electron chi connectivity index (χ4n) is 0.809. The van der Waals surface area contributed by atoms with E-state index in [1.807, 2.05) is 19.3 Å². The molecule has 1 aliphatic rings. The van der Waals surface area contributed by atoms with Crippen molar-refractivity contribution in [3.8, 4) is 0 Å². The van der Waals surface area contributed by atoms with E-state index < -0.39 is 0 Å². The van der Waals surface area contributed by atoms with Crippen LogP contribution in [0, 0.1) is 0 Å². The first-order chi connectivity index (χ1) is 5.36. The molecule has 0 unspecified atom stereocenters. The molecule has 0 saturated heterocycles. The molecule has 1 aromatic rings. The lowest BCUT2D eigenvalue weighted by Gasteiger charge is -1.82. The highest BCUT2D eigenvalue weighted by molar-refractivity contribution is 6.06. The minimum atomic E-state index is 0.589. The maximum absolute atomic E-state index is 4.10. The Balaban J connectivity index is 2.33. The highest BCUT2D eigenvalue weighted by Gasteiger charge is 2.17. The molecular weight excluding hydrogens is 144 g/mol. The molecule has 55 valence electrons. The number of hydrogen-bond acceptors (Lipinski definition) is 5. The van der Waals surface area contributed by atoms with Crippen LogP contribution in [0.1, 0.15) is 5.82 Å². The fourth-order valence-corrected chi connectivity index (χ4v) is 0.809. The Labute approximate surface area is 62.6 Å². The number of tetrazole rings is 1. The molecule has 0 bridgehead atoms. The van der Waals surface area contributed by atoms with Crippen LogP contribution in [0.25, 0.3) is 0 Å². The number of hydrazone groups is 1. The van der Waals surface area contributed by atoms with E-state index in [9.17, 15) is 0 Å². The number of allylic oxidation sites excluding steroid dienone is 1. The molecule has 11 heavy (non-hydrogen) atoms. The molecule has 6 heteroatoms. The zero-order valence-corrected chi connectivity index (χ0v) is 5.89. The third-order valence-electron chi connectivity index (χ3n) is 1.30. The third-order valence-corrected chi connectivity index (χ3v) is 1.30. The number of aromatic nitrogens is 4. The zero-order valence-electron chi connectivity index (χ0n) is 5.89. The largest absolute Gasteiger partial charge is 0.237 e. The van der Waals surface area contributed by atoms with Crippen molar-refractivity contribution >= 4 is 5.71 Å². The minimum absolute atomic E-state index is 0.589. The Morgan fingerprint density at radius 2 is 2.45 bits per heavy atom. The van der Waals surface area contributed by atoms with Crippen LogP contribution in [0.4, 0.5) is 0 Å². The summed E-state index contributed by atoms with van der Waals surface area (Å²) >= 11 is 0. The first-order valence-corrected chi connectivity index (χ1v) is 3.10. The van der Waals surface area contributed by atoms with Crippen LogP contribution in [0.15, 0.2) is 17.4 Å². The van der Waals surface area contributed by atoms with Crippen molar-refractivity contribution in [1.29, 1.82) is 0 Å². The van der Waals surface area contributed by atoms with Crippen LogP contribution in [0.2, 0.25) is 0 Å². The predicted molar refractivity (Wildman–Crippen MR) is 37.9 cm³/mol. The van der Waals surface area contributed by atoms with Crippen molar-refractivity contribution in [2.24, 2.45) is 5.10 Å². The van der Waals surface area contributed by atoms with Crippen LogP contribution in [-0.2, 0) is 0 Å². The van der Waals surface area contributed by atoms with Gasteiger partial charge in [0, 0.05) is 6.08 Å². The summed E-state index contributed by atoms with van der Waals surface area (Å²) in [5.41, 5.74) is 0.748. The van der Waals surface area contributed by atoms with Crippen molar-refractivity contribution in [3.63, 3.8) is 0 Å². The van der Waals surface area contributed by atoms with E-state index in [1.54, 1.807) is 5.01 Å². The van der Waals surface area contributed by atoms with E-state index in [2.05, 4.69) is 25.7 Å². The molecule has 0 aromatic carbocycles. The number of hydrogen-bond donors (Lipinski definition) is 1. The van der Waals surface area contributed by atoms with Crippen LogP contribution >= 0.6 is 0 Å². The van der Waals surface area contributed by atoms with Gasteiger partial charge in [0.25, 0.3) is 0 Å². The van der Waals surface area contributed by atoms with E-state index in [0.29, 0.717) is 5.82 Å². The molecule has 1 aromatic heterocycles. The lowest BCUT2D eigenvalue weighted by atomic mass is 10.4. The van der Waals surface area contributed by atoms with E-state index in [4.69, 9.17) is 0 Å². The van der Waals surface area contributed by atoms with Gasteiger partial charge < -0.3 is 0 Å². The van der Waals surface area contributed by atoms with Gasteiger partial charge in [-0.05, 0) is 20.5 Å². The molecule has 0 aliphatic carbocycles. The third kappa shape index (κ3) is 1.03. The smallest absolute Gasteiger partial charge is 0.203 e. The molecule has 1 N–H and O–H groups in total. The topological polar surface area (TPSA) is 72.7 Å². The summed E-state index contributed by atoms with van der Waals surface area (Å²) in [5.74, 6) is 0.589. The molecule has 6 nitrogen and oxygen atoms in total. The summed E-state index contributed by atoms with van der Waals surface area (Å²) in [5, 5.41) is 19.0. The molecule has 2 rings (SSSR count). The van der Waals surface area contributed by atoms with Crippen molar-refractivity contribution in [1.82, 2.24) is 25.6 Å². The predicted octanol–water partition coefficient (Wildman–Crippen LogP) is -0.799. The molecule has 0 fully saturated rings. The fraction of sp³-hybridized carbons (Fsp3) is 0.200. The second-order valence-electron chi connectivity index (χ2n) is 2.12. The second kappa shape index (κ2) is 2.24. The highest BCUT2D eigenvalue weighted by atomic mass is 15.5. The average molecular weight is 150 g/mol. The Morgan fingerprint density at radius 3 is 3.00 bits per heavy atom. The summed E-state index contributed by atoms with van der Waals surface area (Å²) in [6.45, 7) is 0. The Hall–Kier alpha value is -1.56. The quantitative estimate of drug-likeness (QED) is 0.533. The molecule has 0 amide bonds. The number of nitrogens with zero attached hydrogens (tertiary/aromatic N) is 5. The molecular formula is C5H6N6+. The van der Waals surface area contributed by atoms with E-state index in [1.165, 1.54) is 0 Å². The molecule has 0 atom stereocenters. The van der Waals surface area contributed by atoms with Gasteiger partial charge in [-0.3, -0.25) is 0 Å². The number of H-pyrrole nitrogens is 1. The SMILES string of the molecule is C[N+]1C=CC(c2nnn[nH]2)=N1. The summed E-state index contributed by atoms with van der Waals surface area (Å²) < 4.78 is 0. The number of aromatic amines is 1. The number of rotatable bonds is 1. The van der Waals surface area contributed by atoms with Gasteiger partial charge in [0.2, 0.25) is 5.82 Å². The lowest BCUT2D eigenvalue weighted by Crippen LogP contribution is -2.06. The Bertz CT molecular complexity index is 297. The van der Waals surface area contributed by atoms with Crippen LogP contribution < -0.4 is 5.01 Å². The van der Waals surface area contributed by atoms with Crippen LogP contribution in [0.3, 0.4) is 0 Å². The maximum atomic E-state index is 4.10. The Morgan fingerprint density at radius 1 is 1.55 bits per heavy atom.